The normalized spacial score (nSPS) is 11.9. The highest BCUT2D eigenvalue weighted by Gasteiger charge is 2.20. The largest absolute Gasteiger partial charge is 0.466 e. The Kier molecular flexibility index (Phi) is 6.93. The van der Waals surface area contributed by atoms with E-state index in [0.29, 0.717) is 13.2 Å². The van der Waals surface area contributed by atoms with Crippen LogP contribution < -0.4 is 0 Å². The van der Waals surface area contributed by atoms with Gasteiger partial charge in [-0.3, -0.25) is 9.59 Å². The van der Waals surface area contributed by atoms with Gasteiger partial charge in [-0.1, -0.05) is 22.6 Å². The minimum Gasteiger partial charge on any atom is -0.466 e. The van der Waals surface area contributed by atoms with Crippen molar-refractivity contribution < 1.29 is 19.1 Å². The zero-order chi connectivity index (χ0) is 10.3. The van der Waals surface area contributed by atoms with E-state index in [4.69, 9.17) is 4.74 Å². The molecule has 0 rings (SSSR count). The fourth-order valence-electron chi connectivity index (χ4n) is 0.682. The Morgan fingerprint density at radius 1 is 1.23 bits per heavy atom. The molecule has 0 spiro atoms. The molecule has 76 valence electrons. The number of ether oxygens (including phenoxy) is 2. The zero-order valence-corrected chi connectivity index (χ0v) is 9.87. The molecule has 5 heteroatoms. The maximum absolute atomic E-state index is 11.0. The number of hydrogen-bond donors (Lipinski definition) is 0. The van der Waals surface area contributed by atoms with Gasteiger partial charge in [0.15, 0.2) is 0 Å². The lowest BCUT2D eigenvalue weighted by Gasteiger charge is -2.07. The van der Waals surface area contributed by atoms with Crippen LogP contribution in [-0.4, -0.2) is 29.1 Å². The molecule has 0 aromatic rings. The fraction of sp³-hybridized carbons (Fsp3) is 0.750. The SMILES string of the molecule is CCOC(=O)CC(I)C(=O)OCC. The number of halogens is 1. The molecule has 1 atom stereocenters. The molecule has 0 aliphatic rings. The zero-order valence-electron chi connectivity index (χ0n) is 7.71. The van der Waals surface area contributed by atoms with Gasteiger partial charge >= 0.3 is 11.9 Å². The molecule has 0 N–H and O–H groups in total. The summed E-state index contributed by atoms with van der Waals surface area (Å²) >= 11 is 1.87. The monoisotopic (exact) mass is 300 g/mol. The minimum absolute atomic E-state index is 0.0766. The van der Waals surface area contributed by atoms with Crippen molar-refractivity contribution in [2.45, 2.75) is 24.2 Å². The van der Waals surface area contributed by atoms with Crippen molar-refractivity contribution in [3.8, 4) is 0 Å². The Hall–Kier alpha value is -0.330. The average Bonchev–Trinajstić information content (AvgIpc) is 2.05. The second-order valence-corrected chi connectivity index (χ2v) is 3.73. The van der Waals surface area contributed by atoms with E-state index < -0.39 is 3.92 Å². The standard InChI is InChI=1S/C8H13IO4/c1-3-12-7(10)5-6(9)8(11)13-4-2/h6H,3-5H2,1-2H3. The molecule has 0 radical (unpaired) electrons. The van der Waals surface area contributed by atoms with Crippen LogP contribution in [0.15, 0.2) is 0 Å². The molecule has 13 heavy (non-hydrogen) atoms. The highest BCUT2D eigenvalue weighted by molar-refractivity contribution is 14.1. The van der Waals surface area contributed by atoms with Crippen molar-refractivity contribution in [2.24, 2.45) is 0 Å². The Morgan fingerprint density at radius 2 is 1.77 bits per heavy atom. The molecule has 0 heterocycles. The van der Waals surface area contributed by atoms with Gasteiger partial charge < -0.3 is 9.47 Å². The van der Waals surface area contributed by atoms with Crippen molar-refractivity contribution in [3.63, 3.8) is 0 Å². The molecule has 0 aromatic carbocycles. The Balaban J connectivity index is 3.78. The van der Waals surface area contributed by atoms with Crippen LogP contribution in [-0.2, 0) is 19.1 Å². The van der Waals surface area contributed by atoms with E-state index in [2.05, 4.69) is 4.74 Å². The number of esters is 2. The number of carbonyl (C=O) groups excluding carboxylic acids is 2. The van der Waals surface area contributed by atoms with E-state index in [1.807, 2.05) is 22.6 Å². The number of rotatable bonds is 5. The molecule has 0 aliphatic carbocycles. The van der Waals surface area contributed by atoms with E-state index >= 15 is 0 Å². The summed E-state index contributed by atoms with van der Waals surface area (Å²) in [5.41, 5.74) is 0. The summed E-state index contributed by atoms with van der Waals surface area (Å²) in [6.45, 7) is 4.13. The first-order chi connectivity index (χ1) is 6.11. The molecular formula is C8H13IO4. The van der Waals surface area contributed by atoms with Gasteiger partial charge in [0.1, 0.15) is 3.92 Å². The maximum atomic E-state index is 11.0. The quantitative estimate of drug-likeness (QED) is 0.436. The van der Waals surface area contributed by atoms with Crippen molar-refractivity contribution in [1.29, 1.82) is 0 Å². The number of alkyl halides is 1. The maximum Gasteiger partial charge on any atom is 0.319 e. The summed E-state index contributed by atoms with van der Waals surface area (Å²) in [6, 6.07) is 0. The van der Waals surface area contributed by atoms with E-state index in [1.165, 1.54) is 0 Å². The van der Waals surface area contributed by atoms with Gasteiger partial charge in [-0.25, -0.2) is 0 Å². The summed E-state index contributed by atoms with van der Waals surface area (Å²) in [5.74, 6) is -0.730. The molecule has 0 aromatic heterocycles. The first-order valence-electron chi connectivity index (χ1n) is 4.08. The summed E-state index contributed by atoms with van der Waals surface area (Å²) in [6.07, 6.45) is 0.0766. The lowest BCUT2D eigenvalue weighted by molar-refractivity contribution is -0.148. The van der Waals surface area contributed by atoms with Crippen LogP contribution >= 0.6 is 22.6 Å². The van der Waals surface area contributed by atoms with Gasteiger partial charge in [0.25, 0.3) is 0 Å². The molecular weight excluding hydrogens is 287 g/mol. The summed E-state index contributed by atoms with van der Waals surface area (Å²) < 4.78 is 8.97. The molecule has 0 saturated heterocycles. The second kappa shape index (κ2) is 7.11. The lowest BCUT2D eigenvalue weighted by Crippen LogP contribution is -2.21. The van der Waals surface area contributed by atoms with Gasteiger partial charge in [0, 0.05) is 0 Å². The predicted octanol–water partition coefficient (Wildman–Crippen LogP) is 1.31. The first kappa shape index (κ1) is 12.7. The molecule has 0 bridgehead atoms. The topological polar surface area (TPSA) is 52.6 Å². The highest BCUT2D eigenvalue weighted by atomic mass is 127. The van der Waals surface area contributed by atoms with Crippen LogP contribution in [0, 0.1) is 0 Å². The number of hydrogen-bond acceptors (Lipinski definition) is 4. The minimum atomic E-state index is -0.448. The van der Waals surface area contributed by atoms with Crippen molar-refractivity contribution in [2.75, 3.05) is 13.2 Å². The van der Waals surface area contributed by atoms with E-state index in [9.17, 15) is 9.59 Å². The van der Waals surface area contributed by atoms with Crippen LogP contribution in [0.2, 0.25) is 0 Å². The van der Waals surface area contributed by atoms with Crippen molar-refractivity contribution in [3.05, 3.63) is 0 Å². The average molecular weight is 300 g/mol. The van der Waals surface area contributed by atoms with Crippen LogP contribution in [0.3, 0.4) is 0 Å². The lowest BCUT2D eigenvalue weighted by atomic mass is 10.3. The van der Waals surface area contributed by atoms with Gasteiger partial charge in [-0.05, 0) is 13.8 Å². The van der Waals surface area contributed by atoms with Crippen molar-refractivity contribution >= 4 is 34.5 Å². The van der Waals surface area contributed by atoms with Crippen LogP contribution in [0.5, 0.6) is 0 Å². The van der Waals surface area contributed by atoms with Gasteiger partial charge in [-0.15, -0.1) is 0 Å². The molecule has 1 unspecified atom stereocenters. The summed E-state index contributed by atoms with van der Waals surface area (Å²) in [5, 5.41) is 0. The van der Waals surface area contributed by atoms with Crippen LogP contribution in [0.4, 0.5) is 0 Å². The second-order valence-electron chi connectivity index (χ2n) is 2.23. The molecule has 0 aliphatic heterocycles. The van der Waals surface area contributed by atoms with Crippen molar-refractivity contribution in [1.82, 2.24) is 0 Å². The summed E-state index contributed by atoms with van der Waals surface area (Å²) in [7, 11) is 0. The van der Waals surface area contributed by atoms with Gasteiger partial charge in [0.05, 0.1) is 19.6 Å². The Bertz CT molecular complexity index is 181. The smallest absolute Gasteiger partial charge is 0.319 e. The molecule has 0 saturated carbocycles. The molecule has 0 fully saturated rings. The predicted molar refractivity (Wildman–Crippen MR) is 55.7 cm³/mol. The highest BCUT2D eigenvalue weighted by Crippen LogP contribution is 2.09. The Labute approximate surface area is 91.1 Å². The van der Waals surface area contributed by atoms with Gasteiger partial charge in [-0.2, -0.15) is 0 Å². The number of carbonyl (C=O) groups is 2. The van der Waals surface area contributed by atoms with E-state index in [0.717, 1.165) is 0 Å². The van der Waals surface area contributed by atoms with Crippen LogP contribution in [0.25, 0.3) is 0 Å². The third kappa shape index (κ3) is 5.84. The Morgan fingerprint density at radius 3 is 2.23 bits per heavy atom. The van der Waals surface area contributed by atoms with Crippen LogP contribution in [0.1, 0.15) is 20.3 Å². The third-order valence-corrected chi connectivity index (χ3v) is 2.14. The summed E-state index contributed by atoms with van der Waals surface area (Å²) in [4.78, 5) is 22.0. The molecule has 0 amide bonds. The molecule has 4 nitrogen and oxygen atoms in total. The fourth-order valence-corrected chi connectivity index (χ4v) is 1.22. The third-order valence-electron chi connectivity index (χ3n) is 1.19. The van der Waals surface area contributed by atoms with Gasteiger partial charge in [0.2, 0.25) is 0 Å². The van der Waals surface area contributed by atoms with E-state index in [1.54, 1.807) is 13.8 Å². The van der Waals surface area contributed by atoms with E-state index in [-0.39, 0.29) is 18.4 Å². The first-order valence-corrected chi connectivity index (χ1v) is 5.32.